The van der Waals surface area contributed by atoms with Gasteiger partial charge in [0.25, 0.3) is 0 Å². The van der Waals surface area contributed by atoms with Crippen LogP contribution in [0.25, 0.3) is 0 Å². The number of hydrogen-bond donors (Lipinski definition) is 2. The summed E-state index contributed by atoms with van der Waals surface area (Å²) in [6, 6.07) is 8.00. The van der Waals surface area contributed by atoms with E-state index in [1.807, 2.05) is 18.2 Å². The maximum Gasteiger partial charge on any atom is 0.339 e. The molecule has 2 rings (SSSR count). The van der Waals surface area contributed by atoms with E-state index in [4.69, 9.17) is 5.11 Å². The van der Waals surface area contributed by atoms with Crippen LogP contribution in [-0.4, -0.2) is 21.0 Å². The van der Waals surface area contributed by atoms with E-state index in [9.17, 15) is 4.79 Å². The minimum atomic E-state index is -1.02. The van der Waals surface area contributed by atoms with Crippen LogP contribution in [0.1, 0.15) is 41.4 Å². The van der Waals surface area contributed by atoms with Crippen molar-refractivity contribution in [2.75, 3.05) is 5.32 Å². The van der Waals surface area contributed by atoms with Crippen molar-refractivity contribution in [3.05, 3.63) is 47.3 Å². The molecule has 2 aromatic rings. The van der Waals surface area contributed by atoms with E-state index < -0.39 is 5.97 Å². The molecule has 0 saturated heterocycles. The number of aromatic nitrogens is 2. The van der Waals surface area contributed by atoms with Crippen LogP contribution in [0.15, 0.2) is 30.5 Å². The Morgan fingerprint density at radius 3 is 2.70 bits per heavy atom. The normalized spacial score (nSPS) is 10.6. The molecule has 0 spiro atoms. The van der Waals surface area contributed by atoms with Gasteiger partial charge in [-0.05, 0) is 30.5 Å². The van der Waals surface area contributed by atoms with Crippen LogP contribution >= 0.6 is 0 Å². The van der Waals surface area contributed by atoms with Gasteiger partial charge in [-0.2, -0.15) is 0 Å². The van der Waals surface area contributed by atoms with Gasteiger partial charge < -0.3 is 10.4 Å². The number of carbonyl (C=O) groups is 1. The highest BCUT2D eigenvalue weighted by atomic mass is 16.4. The molecule has 104 valence electrons. The fraction of sp³-hybridized carbons (Fsp3) is 0.267. The maximum atomic E-state index is 10.9. The van der Waals surface area contributed by atoms with Crippen LogP contribution in [0, 0.1) is 6.92 Å². The Bertz CT molecular complexity index is 639. The van der Waals surface area contributed by atoms with Crippen LogP contribution in [0.2, 0.25) is 0 Å². The van der Waals surface area contributed by atoms with Crippen molar-refractivity contribution in [3.63, 3.8) is 0 Å². The summed E-state index contributed by atoms with van der Waals surface area (Å²) in [6.45, 7) is 5.91. The van der Waals surface area contributed by atoms with Gasteiger partial charge in [0.05, 0.1) is 11.3 Å². The number of nitrogens with zero attached hydrogens (tertiary/aromatic N) is 2. The Kier molecular flexibility index (Phi) is 3.98. The van der Waals surface area contributed by atoms with Gasteiger partial charge in [0.1, 0.15) is 0 Å². The Balaban J connectivity index is 2.24. The van der Waals surface area contributed by atoms with E-state index in [0.29, 0.717) is 17.6 Å². The number of benzene rings is 1. The molecule has 5 heteroatoms. The van der Waals surface area contributed by atoms with Gasteiger partial charge in [0.2, 0.25) is 5.95 Å². The monoisotopic (exact) mass is 271 g/mol. The topological polar surface area (TPSA) is 75.1 Å². The van der Waals surface area contributed by atoms with Crippen LogP contribution in [-0.2, 0) is 0 Å². The van der Waals surface area contributed by atoms with Gasteiger partial charge in [0, 0.05) is 11.9 Å². The molecule has 0 fully saturated rings. The quantitative estimate of drug-likeness (QED) is 0.891. The number of carboxylic acids is 1. The van der Waals surface area contributed by atoms with Gasteiger partial charge in [-0.1, -0.05) is 26.0 Å². The standard InChI is InChI=1S/C15H17N3O2/c1-9(2)11-5-4-6-12(7-11)18-15-16-8-13(14(19)20)10(3)17-15/h4-9H,1-3H3,(H,19,20)(H,16,17,18). The zero-order valence-corrected chi connectivity index (χ0v) is 11.7. The first-order valence-corrected chi connectivity index (χ1v) is 6.41. The van der Waals surface area contributed by atoms with Crippen molar-refractivity contribution < 1.29 is 9.90 Å². The summed E-state index contributed by atoms with van der Waals surface area (Å²) in [7, 11) is 0. The van der Waals surface area contributed by atoms with E-state index in [1.165, 1.54) is 11.8 Å². The minimum absolute atomic E-state index is 0.117. The molecule has 0 saturated carbocycles. The number of rotatable bonds is 4. The number of aromatic carboxylic acids is 1. The summed E-state index contributed by atoms with van der Waals surface area (Å²) in [6.07, 6.45) is 1.32. The van der Waals surface area contributed by atoms with E-state index >= 15 is 0 Å². The van der Waals surface area contributed by atoms with Gasteiger partial charge >= 0.3 is 5.97 Å². The SMILES string of the molecule is Cc1nc(Nc2cccc(C(C)C)c2)ncc1C(=O)O. The third kappa shape index (κ3) is 3.12. The Morgan fingerprint density at radius 2 is 2.10 bits per heavy atom. The second kappa shape index (κ2) is 5.69. The van der Waals surface area contributed by atoms with Crippen LogP contribution in [0.5, 0.6) is 0 Å². The van der Waals surface area contributed by atoms with Gasteiger partial charge in [-0.15, -0.1) is 0 Å². The van der Waals surface area contributed by atoms with Crippen LogP contribution < -0.4 is 5.32 Å². The van der Waals surface area contributed by atoms with Gasteiger partial charge in [0.15, 0.2) is 0 Å². The fourth-order valence-electron chi connectivity index (χ4n) is 1.84. The summed E-state index contributed by atoms with van der Waals surface area (Å²) >= 11 is 0. The third-order valence-corrected chi connectivity index (χ3v) is 3.02. The largest absolute Gasteiger partial charge is 0.478 e. The number of carboxylic acid groups (broad SMARTS) is 1. The first-order valence-electron chi connectivity index (χ1n) is 6.41. The summed E-state index contributed by atoms with van der Waals surface area (Å²) in [5, 5.41) is 12.0. The minimum Gasteiger partial charge on any atom is -0.478 e. The molecule has 1 aromatic heterocycles. The van der Waals surface area contributed by atoms with Crippen molar-refractivity contribution in [2.24, 2.45) is 0 Å². The number of aryl methyl sites for hydroxylation is 1. The molecular weight excluding hydrogens is 254 g/mol. The summed E-state index contributed by atoms with van der Waals surface area (Å²) in [5.41, 5.74) is 2.66. The molecule has 0 radical (unpaired) electrons. The molecule has 5 nitrogen and oxygen atoms in total. The van der Waals surface area contributed by atoms with Crippen LogP contribution in [0.4, 0.5) is 11.6 Å². The highest BCUT2D eigenvalue weighted by Crippen LogP contribution is 2.20. The Morgan fingerprint density at radius 1 is 1.35 bits per heavy atom. The number of nitrogens with one attached hydrogen (secondary N) is 1. The summed E-state index contributed by atoms with van der Waals surface area (Å²) < 4.78 is 0. The van der Waals surface area contributed by atoms with Crippen molar-refractivity contribution in [2.45, 2.75) is 26.7 Å². The predicted molar refractivity (Wildman–Crippen MR) is 77.5 cm³/mol. The highest BCUT2D eigenvalue weighted by Gasteiger charge is 2.10. The summed E-state index contributed by atoms with van der Waals surface area (Å²) in [4.78, 5) is 19.1. The lowest BCUT2D eigenvalue weighted by Gasteiger charge is -2.10. The Hall–Kier alpha value is -2.43. The molecule has 0 atom stereocenters. The number of anilines is 2. The molecule has 1 heterocycles. The molecular formula is C15H17N3O2. The molecule has 2 N–H and O–H groups in total. The van der Waals surface area contributed by atoms with Crippen LogP contribution in [0.3, 0.4) is 0 Å². The second-order valence-corrected chi connectivity index (χ2v) is 4.90. The average molecular weight is 271 g/mol. The van der Waals surface area contributed by atoms with Crippen molar-refractivity contribution in [1.82, 2.24) is 9.97 Å². The zero-order chi connectivity index (χ0) is 14.7. The van der Waals surface area contributed by atoms with E-state index in [-0.39, 0.29) is 5.56 Å². The average Bonchev–Trinajstić information content (AvgIpc) is 2.38. The van der Waals surface area contributed by atoms with E-state index in [2.05, 4.69) is 35.2 Å². The fourth-order valence-corrected chi connectivity index (χ4v) is 1.84. The molecule has 0 amide bonds. The molecule has 1 aromatic carbocycles. The van der Waals surface area contributed by atoms with Gasteiger partial charge in [-0.3, -0.25) is 0 Å². The lowest BCUT2D eigenvalue weighted by Crippen LogP contribution is -2.06. The van der Waals surface area contributed by atoms with E-state index in [1.54, 1.807) is 6.92 Å². The lowest BCUT2D eigenvalue weighted by atomic mass is 10.0. The Labute approximate surface area is 117 Å². The number of hydrogen-bond acceptors (Lipinski definition) is 4. The molecule has 0 unspecified atom stereocenters. The third-order valence-electron chi connectivity index (χ3n) is 3.02. The molecule has 0 aliphatic rings. The second-order valence-electron chi connectivity index (χ2n) is 4.90. The molecule has 20 heavy (non-hydrogen) atoms. The molecule has 0 bridgehead atoms. The van der Waals surface area contributed by atoms with Gasteiger partial charge in [-0.25, -0.2) is 14.8 Å². The van der Waals surface area contributed by atoms with Crippen molar-refractivity contribution in [3.8, 4) is 0 Å². The van der Waals surface area contributed by atoms with Crippen molar-refractivity contribution >= 4 is 17.6 Å². The van der Waals surface area contributed by atoms with E-state index in [0.717, 1.165) is 5.69 Å². The predicted octanol–water partition coefficient (Wildman–Crippen LogP) is 3.35. The zero-order valence-electron chi connectivity index (χ0n) is 11.7. The first-order chi connectivity index (χ1) is 9.47. The first kappa shape index (κ1) is 14.0. The smallest absolute Gasteiger partial charge is 0.339 e. The summed E-state index contributed by atoms with van der Waals surface area (Å²) in [5.74, 6) is -0.182. The maximum absolute atomic E-state index is 10.9. The highest BCUT2D eigenvalue weighted by molar-refractivity contribution is 5.88. The molecule has 0 aliphatic heterocycles. The molecule has 0 aliphatic carbocycles. The lowest BCUT2D eigenvalue weighted by molar-refractivity contribution is 0.0695. The van der Waals surface area contributed by atoms with Crippen molar-refractivity contribution in [1.29, 1.82) is 0 Å².